The van der Waals surface area contributed by atoms with Gasteiger partial charge in [0, 0.05) is 35.2 Å². The summed E-state index contributed by atoms with van der Waals surface area (Å²) in [4.78, 5) is 22.8. The molecule has 1 atom stereocenters. The Morgan fingerprint density at radius 1 is 1.05 bits per heavy atom. The number of nitrogens with zero attached hydrogens (tertiary/aromatic N) is 5. The van der Waals surface area contributed by atoms with Crippen LogP contribution in [0.4, 0.5) is 33.3 Å². The molecular weight excluding hydrogens is 499 g/mol. The summed E-state index contributed by atoms with van der Waals surface area (Å²) in [5.41, 5.74) is 2.96. The van der Waals surface area contributed by atoms with Crippen LogP contribution in [0, 0.1) is 12.7 Å². The number of carbonyl (C=O) groups excluding carboxylic acids is 1. The number of morpholine rings is 1. The van der Waals surface area contributed by atoms with E-state index in [1.54, 1.807) is 32.2 Å². The molecule has 1 saturated heterocycles. The van der Waals surface area contributed by atoms with Crippen molar-refractivity contribution >= 4 is 28.3 Å². The Hall–Kier alpha value is -4.00. The number of ether oxygens (including phenoxy) is 1. The first kappa shape index (κ1) is 23.4. The van der Waals surface area contributed by atoms with E-state index in [0.29, 0.717) is 27.4 Å². The molecule has 0 saturated carbocycles. The number of H-pyrrole nitrogens is 1. The molecule has 192 valence electrons. The van der Waals surface area contributed by atoms with Gasteiger partial charge in [0.15, 0.2) is 5.69 Å². The van der Waals surface area contributed by atoms with Gasteiger partial charge < -0.3 is 9.88 Å². The second kappa shape index (κ2) is 7.75. The van der Waals surface area contributed by atoms with Crippen LogP contribution in [0.2, 0.25) is 0 Å². The molecule has 2 aliphatic rings. The fourth-order valence-electron chi connectivity index (χ4n) is 5.00. The molecule has 0 spiro atoms. The maximum Gasteiger partial charge on any atom is 0.377 e. The Bertz CT molecular complexity index is 1550. The Kier molecular flexibility index (Phi) is 4.90. The monoisotopic (exact) mass is 518 g/mol. The number of fused-ring (bicyclic) bond motifs is 2. The number of carbonyl (C=O) groups is 1. The number of rotatable bonds is 3. The van der Waals surface area contributed by atoms with Crippen LogP contribution in [0.15, 0.2) is 42.7 Å². The predicted octanol–water partition coefficient (Wildman–Crippen LogP) is 4.52. The summed E-state index contributed by atoms with van der Waals surface area (Å²) in [6, 6.07) is 7.68. The average molecular weight is 518 g/mol. The molecule has 37 heavy (non-hydrogen) atoms. The molecule has 2 aliphatic heterocycles. The van der Waals surface area contributed by atoms with Crippen LogP contribution in [-0.2, 0) is 11.8 Å². The molecule has 1 unspecified atom stereocenters. The largest absolute Gasteiger partial charge is 0.377 e. The van der Waals surface area contributed by atoms with Crippen LogP contribution >= 0.6 is 0 Å². The molecule has 0 bridgehead atoms. The molecule has 1 fully saturated rings. The average Bonchev–Trinajstić information content (AvgIpc) is 3.46. The zero-order valence-electron chi connectivity index (χ0n) is 19.5. The van der Waals surface area contributed by atoms with E-state index in [1.807, 2.05) is 0 Å². The molecular formula is C24H19F5N6O2. The fourth-order valence-corrected chi connectivity index (χ4v) is 5.00. The Morgan fingerprint density at radius 2 is 1.76 bits per heavy atom. The SMILES string of the molecule is Cc1c2c(nn1C)C(=O)N(c1ccc3[nH]cnc3c1)C2c1ccc(N2CC(F)(F)OC(F)(F)C2)cc1F. The van der Waals surface area contributed by atoms with Crippen molar-refractivity contribution in [3.63, 3.8) is 0 Å². The van der Waals surface area contributed by atoms with E-state index in [2.05, 4.69) is 19.8 Å². The third kappa shape index (κ3) is 3.72. The van der Waals surface area contributed by atoms with Crippen molar-refractivity contribution in [3.8, 4) is 0 Å². The Balaban J connectivity index is 1.45. The lowest BCUT2D eigenvalue weighted by Crippen LogP contribution is -2.55. The van der Waals surface area contributed by atoms with Crippen LogP contribution in [0.3, 0.4) is 0 Å². The van der Waals surface area contributed by atoms with Gasteiger partial charge in [0.05, 0.1) is 23.4 Å². The third-order valence-corrected chi connectivity index (χ3v) is 6.71. The predicted molar refractivity (Wildman–Crippen MR) is 122 cm³/mol. The summed E-state index contributed by atoms with van der Waals surface area (Å²) in [5.74, 6) is -1.30. The van der Waals surface area contributed by atoms with Gasteiger partial charge in [0.1, 0.15) is 18.9 Å². The number of benzene rings is 2. The summed E-state index contributed by atoms with van der Waals surface area (Å²) in [5, 5.41) is 4.32. The number of anilines is 2. The molecule has 13 heteroatoms. The molecule has 1 N–H and O–H groups in total. The van der Waals surface area contributed by atoms with E-state index in [-0.39, 0.29) is 16.9 Å². The second-order valence-electron chi connectivity index (χ2n) is 9.09. The van der Waals surface area contributed by atoms with Crippen molar-refractivity contribution in [1.82, 2.24) is 19.7 Å². The molecule has 4 heterocycles. The summed E-state index contributed by atoms with van der Waals surface area (Å²) in [7, 11) is 1.66. The topological polar surface area (TPSA) is 79.3 Å². The van der Waals surface area contributed by atoms with Crippen LogP contribution in [-0.4, -0.2) is 51.0 Å². The summed E-state index contributed by atoms with van der Waals surface area (Å²) in [6.07, 6.45) is -6.72. The quantitative estimate of drug-likeness (QED) is 0.404. The van der Waals surface area contributed by atoms with Crippen molar-refractivity contribution in [2.45, 2.75) is 25.2 Å². The number of imidazole rings is 1. The van der Waals surface area contributed by atoms with Crippen LogP contribution in [0.5, 0.6) is 0 Å². The fraction of sp³-hybridized carbons (Fsp3) is 0.292. The van der Waals surface area contributed by atoms with Crippen molar-refractivity contribution in [2.75, 3.05) is 22.9 Å². The number of nitrogens with one attached hydrogen (secondary N) is 1. The minimum Gasteiger partial charge on any atom is -0.354 e. The maximum atomic E-state index is 15.7. The minimum absolute atomic E-state index is 0.0563. The van der Waals surface area contributed by atoms with Gasteiger partial charge in [-0.1, -0.05) is 6.07 Å². The third-order valence-electron chi connectivity index (χ3n) is 6.71. The number of hydrogen-bond acceptors (Lipinski definition) is 5. The van der Waals surface area contributed by atoms with Gasteiger partial charge >= 0.3 is 12.2 Å². The number of hydrogen-bond donors (Lipinski definition) is 1. The van der Waals surface area contributed by atoms with Crippen LogP contribution in [0.25, 0.3) is 11.0 Å². The van der Waals surface area contributed by atoms with E-state index in [0.717, 1.165) is 11.6 Å². The number of alkyl halides is 4. The number of aromatic nitrogens is 4. The maximum absolute atomic E-state index is 15.7. The molecule has 2 aromatic carbocycles. The second-order valence-corrected chi connectivity index (χ2v) is 9.09. The van der Waals surface area contributed by atoms with Gasteiger partial charge in [0.2, 0.25) is 0 Å². The lowest BCUT2D eigenvalue weighted by atomic mass is 9.97. The highest BCUT2D eigenvalue weighted by Gasteiger charge is 2.52. The van der Waals surface area contributed by atoms with Gasteiger partial charge in [-0.05, 0) is 37.3 Å². The van der Waals surface area contributed by atoms with E-state index in [1.165, 1.54) is 28.0 Å². The molecule has 0 aliphatic carbocycles. The van der Waals surface area contributed by atoms with E-state index in [9.17, 15) is 22.4 Å². The molecule has 1 amide bonds. The number of aromatic amines is 1. The van der Waals surface area contributed by atoms with E-state index >= 15 is 4.39 Å². The zero-order valence-corrected chi connectivity index (χ0v) is 19.5. The van der Waals surface area contributed by atoms with Gasteiger partial charge in [-0.3, -0.25) is 19.1 Å². The standard InChI is InChI=1S/C24H19F5N6O2/c1-12-19-20(32-33(12)2)22(36)35(14-4-6-17-18(8-14)31-11-30-17)21(19)15-5-3-13(7-16(15)25)34-9-23(26,27)37-24(28,29)10-34/h3-8,11,21H,9-10H2,1-2H3,(H,30,31). The zero-order chi connectivity index (χ0) is 26.3. The summed E-state index contributed by atoms with van der Waals surface area (Å²) in [6.45, 7) is -0.577. The Morgan fingerprint density at radius 3 is 2.46 bits per heavy atom. The number of amides is 1. The van der Waals surface area contributed by atoms with Crippen molar-refractivity contribution in [1.29, 1.82) is 0 Å². The van der Waals surface area contributed by atoms with Gasteiger partial charge in [-0.25, -0.2) is 9.37 Å². The van der Waals surface area contributed by atoms with Gasteiger partial charge in [0.25, 0.3) is 5.91 Å². The molecule has 0 radical (unpaired) electrons. The first-order valence-electron chi connectivity index (χ1n) is 11.2. The smallest absolute Gasteiger partial charge is 0.354 e. The first-order chi connectivity index (χ1) is 17.4. The van der Waals surface area contributed by atoms with Crippen molar-refractivity contribution in [3.05, 3.63) is 71.1 Å². The summed E-state index contributed by atoms with van der Waals surface area (Å²) < 4.78 is 75.7. The molecule has 8 nitrogen and oxygen atoms in total. The van der Waals surface area contributed by atoms with E-state index < -0.39 is 43.1 Å². The van der Waals surface area contributed by atoms with Crippen LogP contribution < -0.4 is 9.80 Å². The first-order valence-corrected chi connectivity index (χ1v) is 11.2. The van der Waals surface area contributed by atoms with Gasteiger partial charge in [-0.15, -0.1) is 0 Å². The van der Waals surface area contributed by atoms with E-state index in [4.69, 9.17) is 0 Å². The number of halogens is 5. The lowest BCUT2D eigenvalue weighted by molar-refractivity contribution is -0.380. The van der Waals surface area contributed by atoms with Crippen LogP contribution in [0.1, 0.15) is 33.4 Å². The Labute approximate surface area is 206 Å². The normalized spacial score (nSPS) is 20.6. The van der Waals surface area contributed by atoms with Crippen molar-refractivity contribution < 1.29 is 31.5 Å². The highest BCUT2D eigenvalue weighted by Crippen LogP contribution is 2.45. The lowest BCUT2D eigenvalue weighted by Gasteiger charge is -2.38. The molecule has 6 rings (SSSR count). The molecule has 4 aromatic rings. The summed E-state index contributed by atoms with van der Waals surface area (Å²) >= 11 is 0. The van der Waals surface area contributed by atoms with Gasteiger partial charge in [-0.2, -0.15) is 22.7 Å². The van der Waals surface area contributed by atoms with Crippen molar-refractivity contribution in [2.24, 2.45) is 7.05 Å². The number of aryl methyl sites for hydroxylation is 1. The molecule has 2 aromatic heterocycles. The highest BCUT2D eigenvalue weighted by atomic mass is 19.3. The minimum atomic E-state index is -4.11. The highest BCUT2D eigenvalue weighted by molar-refractivity contribution is 6.11.